The van der Waals surface area contributed by atoms with Crippen LogP contribution < -0.4 is 14.8 Å². The molecule has 30 heavy (non-hydrogen) atoms. The molecule has 8 nitrogen and oxygen atoms in total. The van der Waals surface area contributed by atoms with Gasteiger partial charge in [0.05, 0.1) is 20.1 Å². The summed E-state index contributed by atoms with van der Waals surface area (Å²) in [5, 5.41) is 2.94. The lowest BCUT2D eigenvalue weighted by Crippen LogP contribution is -2.52. The lowest BCUT2D eigenvalue weighted by atomic mass is 9.98. The molecule has 2 saturated heterocycles. The summed E-state index contributed by atoms with van der Waals surface area (Å²) >= 11 is 0. The van der Waals surface area contributed by atoms with Crippen LogP contribution in [0.3, 0.4) is 0 Å². The molecular weight excluding hydrogens is 406 g/mol. The van der Waals surface area contributed by atoms with E-state index in [2.05, 4.69) is 12.2 Å². The van der Waals surface area contributed by atoms with E-state index in [9.17, 15) is 13.2 Å². The molecular formula is C21H33N3O5S. The fourth-order valence-electron chi connectivity index (χ4n) is 4.07. The maximum absolute atomic E-state index is 13.0. The van der Waals surface area contributed by atoms with E-state index in [4.69, 9.17) is 9.47 Å². The van der Waals surface area contributed by atoms with Gasteiger partial charge >= 0.3 is 0 Å². The van der Waals surface area contributed by atoms with Crippen LogP contribution in [0.2, 0.25) is 0 Å². The summed E-state index contributed by atoms with van der Waals surface area (Å²) in [6.07, 6.45) is 3.16. The number of hydrogen-bond acceptors (Lipinski definition) is 5. The monoisotopic (exact) mass is 439 g/mol. The van der Waals surface area contributed by atoms with Gasteiger partial charge in [0, 0.05) is 44.4 Å². The lowest BCUT2D eigenvalue weighted by molar-refractivity contribution is -0.126. The second-order valence-electron chi connectivity index (χ2n) is 8.18. The molecule has 0 aromatic heterocycles. The van der Waals surface area contributed by atoms with Crippen LogP contribution in [0.4, 0.5) is 0 Å². The van der Waals surface area contributed by atoms with Gasteiger partial charge in [-0.15, -0.1) is 0 Å². The Bertz CT molecular complexity index is 837. The molecule has 2 fully saturated rings. The molecule has 2 heterocycles. The van der Waals surface area contributed by atoms with Gasteiger partial charge in [-0.25, -0.2) is 0 Å². The fourth-order valence-corrected chi connectivity index (χ4v) is 5.80. The molecule has 0 bridgehead atoms. The third-order valence-corrected chi connectivity index (χ3v) is 8.10. The van der Waals surface area contributed by atoms with Crippen molar-refractivity contribution < 1.29 is 22.7 Å². The fraction of sp³-hybridized carbons (Fsp3) is 0.667. The van der Waals surface area contributed by atoms with Crippen LogP contribution in [0, 0.1) is 11.8 Å². The molecule has 0 aliphatic carbocycles. The Hall–Kier alpha value is -1.84. The van der Waals surface area contributed by atoms with Crippen LogP contribution >= 0.6 is 0 Å². The van der Waals surface area contributed by atoms with Crippen LogP contribution in [0.15, 0.2) is 18.2 Å². The number of piperidine rings is 2. The van der Waals surface area contributed by atoms with Crippen molar-refractivity contribution in [2.45, 2.75) is 39.2 Å². The number of amides is 1. The number of rotatable bonds is 7. The van der Waals surface area contributed by atoms with Gasteiger partial charge in [-0.2, -0.15) is 17.0 Å². The Labute approximate surface area is 179 Å². The largest absolute Gasteiger partial charge is 0.497 e. The first-order chi connectivity index (χ1) is 14.3. The summed E-state index contributed by atoms with van der Waals surface area (Å²) in [6.45, 7) is 4.31. The smallest absolute Gasteiger partial charge is 0.281 e. The van der Waals surface area contributed by atoms with E-state index in [-0.39, 0.29) is 18.4 Å². The minimum atomic E-state index is -3.51. The highest BCUT2D eigenvalue weighted by molar-refractivity contribution is 7.86. The van der Waals surface area contributed by atoms with E-state index < -0.39 is 10.2 Å². The third kappa shape index (κ3) is 5.25. The van der Waals surface area contributed by atoms with Gasteiger partial charge in [0.15, 0.2) is 0 Å². The zero-order valence-corrected chi connectivity index (χ0v) is 18.9. The van der Waals surface area contributed by atoms with Crippen molar-refractivity contribution in [3.8, 4) is 11.5 Å². The number of nitrogens with zero attached hydrogens (tertiary/aromatic N) is 2. The van der Waals surface area contributed by atoms with E-state index in [0.29, 0.717) is 56.4 Å². The maximum atomic E-state index is 13.0. The van der Waals surface area contributed by atoms with E-state index >= 15 is 0 Å². The molecule has 1 amide bonds. The molecule has 0 unspecified atom stereocenters. The molecule has 168 valence electrons. The van der Waals surface area contributed by atoms with Crippen molar-refractivity contribution in [3.63, 3.8) is 0 Å². The molecule has 0 spiro atoms. The summed E-state index contributed by atoms with van der Waals surface area (Å²) in [4.78, 5) is 12.8. The number of hydrogen-bond donors (Lipinski definition) is 1. The Morgan fingerprint density at radius 3 is 2.50 bits per heavy atom. The van der Waals surface area contributed by atoms with E-state index in [0.717, 1.165) is 18.4 Å². The average Bonchev–Trinajstić information content (AvgIpc) is 2.77. The highest BCUT2D eigenvalue weighted by Gasteiger charge is 2.36. The first-order valence-corrected chi connectivity index (χ1v) is 12.0. The van der Waals surface area contributed by atoms with Crippen molar-refractivity contribution >= 4 is 16.1 Å². The van der Waals surface area contributed by atoms with E-state index in [1.165, 1.54) is 4.31 Å². The van der Waals surface area contributed by atoms with Gasteiger partial charge in [-0.3, -0.25) is 4.79 Å². The second kappa shape index (κ2) is 9.98. The standard InChI is InChI=1S/C21H33N3O5S/c1-16-8-11-23(12-9-16)30(26,27)24-10-4-5-18(15-24)21(25)22-14-17-6-7-19(28-2)13-20(17)29-3/h6-7,13,16,18H,4-5,8-12,14-15H2,1-3H3,(H,22,25)/t18-/m0/s1. The topological polar surface area (TPSA) is 88.2 Å². The Morgan fingerprint density at radius 2 is 1.83 bits per heavy atom. The van der Waals surface area contributed by atoms with Crippen LogP contribution in [0.5, 0.6) is 11.5 Å². The first-order valence-electron chi connectivity index (χ1n) is 10.6. The Morgan fingerprint density at radius 1 is 1.10 bits per heavy atom. The lowest BCUT2D eigenvalue weighted by Gasteiger charge is -2.37. The SMILES string of the molecule is COc1ccc(CNC(=O)[C@H]2CCCN(S(=O)(=O)N3CCC(C)CC3)C2)c(OC)c1. The molecule has 1 aromatic carbocycles. The highest BCUT2D eigenvalue weighted by atomic mass is 32.2. The molecule has 1 N–H and O–H groups in total. The predicted molar refractivity (Wildman–Crippen MR) is 115 cm³/mol. The van der Waals surface area contributed by atoms with Crippen LogP contribution in [0.25, 0.3) is 0 Å². The number of carbonyl (C=O) groups excluding carboxylic acids is 1. The highest BCUT2D eigenvalue weighted by Crippen LogP contribution is 2.27. The summed E-state index contributed by atoms with van der Waals surface area (Å²) < 4.78 is 39.7. The summed E-state index contributed by atoms with van der Waals surface area (Å²) in [6, 6.07) is 5.45. The van der Waals surface area contributed by atoms with Crippen molar-refractivity contribution in [1.82, 2.24) is 13.9 Å². The van der Waals surface area contributed by atoms with Crippen molar-refractivity contribution in [2.24, 2.45) is 11.8 Å². The van der Waals surface area contributed by atoms with Gasteiger partial charge in [-0.1, -0.05) is 6.92 Å². The summed E-state index contributed by atoms with van der Waals surface area (Å²) in [5.74, 6) is 1.41. The first kappa shape index (κ1) is 22.8. The Balaban J connectivity index is 1.59. The predicted octanol–water partition coefficient (Wildman–Crippen LogP) is 2.01. The quantitative estimate of drug-likeness (QED) is 0.702. The Kier molecular flexibility index (Phi) is 7.60. The van der Waals surface area contributed by atoms with Gasteiger partial charge < -0.3 is 14.8 Å². The summed E-state index contributed by atoms with van der Waals surface area (Å²) in [7, 11) is -0.346. The molecule has 2 aliphatic heterocycles. The molecule has 1 aromatic rings. The van der Waals surface area contributed by atoms with Crippen LogP contribution in [-0.2, 0) is 21.5 Å². The molecule has 1 atom stereocenters. The normalized spacial score (nSPS) is 21.9. The van der Waals surface area contributed by atoms with Crippen LogP contribution in [-0.4, -0.2) is 63.3 Å². The van der Waals surface area contributed by atoms with Gasteiger partial charge in [0.25, 0.3) is 10.2 Å². The molecule has 9 heteroatoms. The average molecular weight is 440 g/mol. The number of benzene rings is 1. The van der Waals surface area contributed by atoms with E-state index in [1.54, 1.807) is 24.6 Å². The molecule has 0 saturated carbocycles. The maximum Gasteiger partial charge on any atom is 0.281 e. The minimum Gasteiger partial charge on any atom is -0.497 e. The second-order valence-corrected chi connectivity index (χ2v) is 10.1. The number of carbonyl (C=O) groups is 1. The van der Waals surface area contributed by atoms with Gasteiger partial charge in [-0.05, 0) is 43.7 Å². The van der Waals surface area contributed by atoms with Crippen LogP contribution in [0.1, 0.15) is 38.2 Å². The van der Waals surface area contributed by atoms with Gasteiger partial charge in [0.2, 0.25) is 5.91 Å². The third-order valence-electron chi connectivity index (χ3n) is 6.10. The van der Waals surface area contributed by atoms with Gasteiger partial charge in [0.1, 0.15) is 11.5 Å². The zero-order chi connectivity index (χ0) is 21.7. The number of ether oxygens (including phenoxy) is 2. The molecule has 2 aliphatic rings. The molecule has 3 rings (SSSR count). The molecule has 0 radical (unpaired) electrons. The van der Waals surface area contributed by atoms with Crippen molar-refractivity contribution in [2.75, 3.05) is 40.4 Å². The van der Waals surface area contributed by atoms with Crippen molar-refractivity contribution in [3.05, 3.63) is 23.8 Å². The minimum absolute atomic E-state index is 0.125. The number of nitrogens with one attached hydrogen (secondary N) is 1. The van der Waals surface area contributed by atoms with Crippen molar-refractivity contribution in [1.29, 1.82) is 0 Å². The zero-order valence-electron chi connectivity index (χ0n) is 18.1. The number of methoxy groups -OCH3 is 2. The summed E-state index contributed by atoms with van der Waals surface area (Å²) in [5.41, 5.74) is 0.842. The van der Waals surface area contributed by atoms with E-state index in [1.807, 2.05) is 12.1 Å².